The van der Waals surface area contributed by atoms with E-state index in [1.807, 2.05) is 0 Å². The van der Waals surface area contributed by atoms with Crippen LogP contribution >= 0.6 is 46.4 Å². The molecule has 144 valence electrons. The second-order valence-electron chi connectivity index (χ2n) is 4.86. The van der Waals surface area contributed by atoms with Crippen LogP contribution in [0.4, 0.5) is 35.9 Å². The average Bonchev–Trinajstić information content (AvgIpc) is 2.50. The number of hydrogen-bond donors (Lipinski definition) is 1. The summed E-state index contributed by atoms with van der Waals surface area (Å²) in [4.78, 5) is 20.0. The van der Waals surface area contributed by atoms with Crippen molar-refractivity contribution in [2.45, 2.75) is 6.18 Å². The lowest BCUT2D eigenvalue weighted by Crippen LogP contribution is -2.11. The number of hydrogen-bond acceptors (Lipinski definition) is 5. The van der Waals surface area contributed by atoms with Crippen molar-refractivity contribution >= 4 is 69.2 Å². The fourth-order valence-corrected chi connectivity index (χ4v) is 2.95. The Kier molecular flexibility index (Phi) is 5.95. The third-order valence-corrected chi connectivity index (χ3v) is 4.59. The van der Waals surface area contributed by atoms with Gasteiger partial charge in [-0.05, 0) is 12.1 Å². The Morgan fingerprint density at radius 3 is 1.93 bits per heavy atom. The van der Waals surface area contributed by atoms with E-state index < -0.39 is 43.7 Å². The number of nitrogens with zero attached hydrogens (tertiary/aromatic N) is 2. The highest BCUT2D eigenvalue weighted by atomic mass is 35.5. The maximum Gasteiger partial charge on any atom is 0.418 e. The van der Waals surface area contributed by atoms with E-state index in [1.54, 1.807) is 0 Å². The van der Waals surface area contributed by atoms with Gasteiger partial charge < -0.3 is 5.32 Å². The van der Waals surface area contributed by atoms with Gasteiger partial charge in [0.1, 0.15) is 5.02 Å². The van der Waals surface area contributed by atoms with Gasteiger partial charge in [0.2, 0.25) is 0 Å². The monoisotopic (exact) mass is 463 g/mol. The molecular formula is C13H4Cl4F3N3O4. The van der Waals surface area contributed by atoms with Crippen LogP contribution in [0.5, 0.6) is 0 Å². The summed E-state index contributed by atoms with van der Waals surface area (Å²) in [5, 5.41) is 23.3. The van der Waals surface area contributed by atoms with Crippen molar-refractivity contribution < 1.29 is 23.0 Å². The first-order valence-corrected chi connectivity index (χ1v) is 7.99. The van der Waals surface area contributed by atoms with Gasteiger partial charge in [-0.25, -0.2) is 0 Å². The van der Waals surface area contributed by atoms with Gasteiger partial charge in [0, 0.05) is 6.07 Å². The fraction of sp³-hybridized carbons (Fsp3) is 0.0769. The predicted octanol–water partition coefficient (Wildman–Crippen LogP) is 6.88. The van der Waals surface area contributed by atoms with Crippen molar-refractivity contribution in [2.24, 2.45) is 0 Å². The molecular weight excluding hydrogens is 461 g/mol. The van der Waals surface area contributed by atoms with Gasteiger partial charge in [0.05, 0.1) is 36.2 Å². The zero-order valence-corrected chi connectivity index (χ0v) is 15.4. The van der Waals surface area contributed by atoms with E-state index in [0.29, 0.717) is 0 Å². The van der Waals surface area contributed by atoms with Gasteiger partial charge >= 0.3 is 17.6 Å². The zero-order valence-electron chi connectivity index (χ0n) is 12.4. The van der Waals surface area contributed by atoms with E-state index in [0.717, 1.165) is 12.1 Å². The van der Waals surface area contributed by atoms with Crippen LogP contribution in [0.3, 0.4) is 0 Å². The van der Waals surface area contributed by atoms with E-state index >= 15 is 0 Å². The second-order valence-corrected chi connectivity index (χ2v) is 6.46. The van der Waals surface area contributed by atoms with Crippen molar-refractivity contribution in [3.8, 4) is 0 Å². The average molecular weight is 465 g/mol. The number of benzene rings is 2. The third kappa shape index (κ3) is 4.29. The molecule has 2 aromatic rings. The number of nitro benzene ring substituents is 2. The Morgan fingerprint density at radius 2 is 1.44 bits per heavy atom. The third-order valence-electron chi connectivity index (χ3n) is 3.17. The minimum absolute atomic E-state index is 0.0154. The zero-order chi connectivity index (χ0) is 20.7. The van der Waals surface area contributed by atoms with E-state index in [4.69, 9.17) is 46.4 Å². The van der Waals surface area contributed by atoms with Crippen molar-refractivity contribution in [1.82, 2.24) is 0 Å². The van der Waals surface area contributed by atoms with Gasteiger partial charge in [-0.1, -0.05) is 46.4 Å². The number of nitrogens with one attached hydrogen (secondary N) is 1. The standard InChI is InChI=1S/C13H4Cl4F3N3O4/c14-5-2-7(16)8(3-6(5)15)21-11-9(22(24)25)1-4(13(18,19)20)10(17)12(11)23(26)27/h1-3,21H. The molecule has 2 rings (SSSR count). The Balaban J connectivity index is 2.82. The van der Waals surface area contributed by atoms with Crippen molar-refractivity contribution in [2.75, 3.05) is 5.32 Å². The summed E-state index contributed by atoms with van der Waals surface area (Å²) in [6, 6.07) is 2.31. The van der Waals surface area contributed by atoms with Crippen LogP contribution in [0.2, 0.25) is 20.1 Å². The minimum Gasteiger partial charge on any atom is -0.343 e. The Morgan fingerprint density at radius 1 is 0.889 bits per heavy atom. The summed E-state index contributed by atoms with van der Waals surface area (Å²) in [5.74, 6) is 0. The Hall–Kier alpha value is -2.01. The van der Waals surface area contributed by atoms with Crippen LogP contribution in [0.25, 0.3) is 0 Å². The highest BCUT2D eigenvalue weighted by molar-refractivity contribution is 6.44. The molecule has 0 saturated carbocycles. The number of rotatable bonds is 4. The van der Waals surface area contributed by atoms with Gasteiger partial charge in [-0.3, -0.25) is 20.2 Å². The molecule has 0 unspecified atom stereocenters. The first kappa shape index (κ1) is 21.3. The van der Waals surface area contributed by atoms with Crippen LogP contribution < -0.4 is 5.32 Å². The summed E-state index contributed by atoms with van der Waals surface area (Å²) in [5.41, 5.74) is -5.38. The number of anilines is 2. The normalized spacial score (nSPS) is 11.4. The largest absolute Gasteiger partial charge is 0.418 e. The maximum atomic E-state index is 13.1. The molecule has 0 amide bonds. The van der Waals surface area contributed by atoms with Crippen LogP contribution in [0.15, 0.2) is 18.2 Å². The van der Waals surface area contributed by atoms with Crippen LogP contribution in [-0.2, 0) is 6.18 Å². The summed E-state index contributed by atoms with van der Waals surface area (Å²) < 4.78 is 39.2. The molecule has 14 heteroatoms. The molecule has 0 atom stereocenters. The van der Waals surface area contributed by atoms with Gasteiger partial charge in [-0.15, -0.1) is 0 Å². The van der Waals surface area contributed by atoms with Gasteiger partial charge in [0.15, 0.2) is 5.69 Å². The summed E-state index contributed by atoms with van der Waals surface area (Å²) in [6.07, 6.45) is -5.16. The molecule has 7 nitrogen and oxygen atoms in total. The molecule has 0 fully saturated rings. The van der Waals surface area contributed by atoms with Gasteiger partial charge in [-0.2, -0.15) is 13.2 Å². The molecule has 0 spiro atoms. The number of nitro groups is 2. The highest BCUT2D eigenvalue weighted by Crippen LogP contribution is 2.49. The number of halogens is 7. The van der Waals surface area contributed by atoms with E-state index in [2.05, 4.69) is 5.32 Å². The predicted molar refractivity (Wildman–Crippen MR) is 94.5 cm³/mol. The molecule has 0 bridgehead atoms. The molecule has 0 saturated heterocycles. The lowest BCUT2D eigenvalue weighted by Gasteiger charge is -2.14. The van der Waals surface area contributed by atoms with Crippen LogP contribution in [0.1, 0.15) is 5.56 Å². The highest BCUT2D eigenvalue weighted by Gasteiger charge is 2.42. The fourth-order valence-electron chi connectivity index (χ4n) is 2.03. The molecule has 0 heterocycles. The van der Waals surface area contributed by atoms with Crippen molar-refractivity contribution in [1.29, 1.82) is 0 Å². The Bertz CT molecular complexity index is 969. The molecule has 27 heavy (non-hydrogen) atoms. The van der Waals surface area contributed by atoms with E-state index in [1.165, 1.54) is 0 Å². The van der Waals surface area contributed by atoms with E-state index in [-0.39, 0.29) is 26.8 Å². The van der Waals surface area contributed by atoms with Crippen molar-refractivity contribution in [3.05, 3.63) is 64.1 Å². The lowest BCUT2D eigenvalue weighted by molar-refractivity contribution is -0.392. The summed E-state index contributed by atoms with van der Waals surface area (Å²) >= 11 is 23.0. The Labute approximate surface area is 167 Å². The van der Waals surface area contributed by atoms with Crippen molar-refractivity contribution in [3.63, 3.8) is 0 Å². The van der Waals surface area contributed by atoms with Gasteiger partial charge in [0.25, 0.3) is 0 Å². The summed E-state index contributed by atoms with van der Waals surface area (Å²) in [6.45, 7) is 0. The minimum atomic E-state index is -5.16. The van der Waals surface area contributed by atoms with E-state index in [9.17, 15) is 33.4 Å². The van der Waals surface area contributed by atoms with Crippen LogP contribution in [-0.4, -0.2) is 9.85 Å². The molecule has 0 aliphatic heterocycles. The quantitative estimate of drug-likeness (QED) is 0.302. The molecule has 0 radical (unpaired) electrons. The maximum absolute atomic E-state index is 13.1. The second kappa shape index (κ2) is 7.55. The van der Waals surface area contributed by atoms with Crippen LogP contribution in [0, 0.1) is 20.2 Å². The lowest BCUT2D eigenvalue weighted by atomic mass is 10.1. The SMILES string of the molecule is O=[N+]([O-])c1cc(C(F)(F)F)c(Cl)c([N+](=O)[O-])c1Nc1cc(Cl)c(Cl)cc1Cl. The first-order chi connectivity index (χ1) is 12.3. The first-order valence-electron chi connectivity index (χ1n) is 6.48. The molecule has 2 aromatic carbocycles. The smallest absolute Gasteiger partial charge is 0.343 e. The number of alkyl halides is 3. The molecule has 0 aliphatic carbocycles. The molecule has 0 aliphatic rings. The molecule has 1 N–H and O–H groups in total. The topological polar surface area (TPSA) is 98.3 Å². The summed E-state index contributed by atoms with van der Waals surface area (Å²) in [7, 11) is 0. The molecule has 0 aromatic heterocycles.